The third kappa shape index (κ3) is 4.06. The van der Waals surface area contributed by atoms with Gasteiger partial charge in [-0.05, 0) is 17.7 Å². The minimum atomic E-state index is -0.284. The molecule has 1 aromatic carbocycles. The average molecular weight is 383 g/mol. The molecule has 0 unspecified atom stereocenters. The molecule has 0 atom stereocenters. The Morgan fingerprint density at radius 3 is 2.68 bits per heavy atom. The number of carbonyl (C=O) groups is 1. The number of thiazole rings is 1. The Balaban J connectivity index is 2.12. The van der Waals surface area contributed by atoms with Crippen LogP contribution in [0.15, 0.2) is 34.1 Å². The van der Waals surface area contributed by atoms with Crippen molar-refractivity contribution in [2.45, 2.75) is 19.3 Å². The summed E-state index contributed by atoms with van der Waals surface area (Å²) in [5.41, 5.74) is 7.21. The number of aromatic nitrogens is 1. The molecule has 0 aliphatic rings. The fourth-order valence-corrected chi connectivity index (χ4v) is 3.10. The maximum absolute atomic E-state index is 11.6. The van der Waals surface area contributed by atoms with Crippen LogP contribution >= 0.6 is 27.3 Å². The van der Waals surface area contributed by atoms with E-state index in [0.717, 1.165) is 10.2 Å². The first-order valence-corrected chi connectivity index (χ1v) is 8.57. The molecule has 22 heavy (non-hydrogen) atoms. The Labute approximate surface area is 142 Å². The van der Waals surface area contributed by atoms with E-state index in [9.17, 15) is 4.79 Å². The van der Waals surface area contributed by atoms with Crippen LogP contribution in [0.25, 0.3) is 0 Å². The van der Waals surface area contributed by atoms with E-state index in [0.29, 0.717) is 18.2 Å². The van der Waals surface area contributed by atoms with Crippen molar-refractivity contribution in [3.05, 3.63) is 45.4 Å². The van der Waals surface area contributed by atoms with Crippen molar-refractivity contribution in [2.24, 2.45) is 5.73 Å². The normalized spacial score (nSPS) is 11.3. The van der Waals surface area contributed by atoms with E-state index in [2.05, 4.69) is 57.5 Å². The third-order valence-corrected chi connectivity index (χ3v) is 4.65. The predicted octanol–water partition coefficient (Wildman–Crippen LogP) is 3.31. The minimum absolute atomic E-state index is 0.231. The lowest BCUT2D eigenvalue weighted by atomic mass is 9.82. The van der Waals surface area contributed by atoms with Crippen LogP contribution in [0.1, 0.15) is 25.1 Å². The molecular formula is C15H19BrN4OS. The molecule has 0 aliphatic heterocycles. The first kappa shape index (κ1) is 16.9. The van der Waals surface area contributed by atoms with Crippen molar-refractivity contribution < 1.29 is 4.79 Å². The molecule has 2 aromatic rings. The first-order chi connectivity index (χ1) is 10.4. The molecule has 0 saturated carbocycles. The number of anilines is 1. The van der Waals surface area contributed by atoms with Gasteiger partial charge in [0, 0.05) is 28.4 Å². The number of hydrogen-bond acceptors (Lipinski definition) is 4. The number of urea groups is 1. The van der Waals surface area contributed by atoms with E-state index in [4.69, 9.17) is 5.73 Å². The molecule has 0 saturated heterocycles. The predicted molar refractivity (Wildman–Crippen MR) is 94.5 cm³/mol. The van der Waals surface area contributed by atoms with Crippen molar-refractivity contribution >= 4 is 38.4 Å². The molecule has 1 heterocycles. The number of rotatable bonds is 5. The third-order valence-electron chi connectivity index (χ3n) is 3.36. The second kappa shape index (κ2) is 7.21. The highest BCUT2D eigenvalue weighted by molar-refractivity contribution is 9.10. The van der Waals surface area contributed by atoms with Gasteiger partial charge in [0.15, 0.2) is 5.13 Å². The molecule has 0 bridgehead atoms. The second-order valence-corrected chi connectivity index (χ2v) is 7.11. The summed E-state index contributed by atoms with van der Waals surface area (Å²) in [6.07, 6.45) is 0. The number of nitrogens with zero attached hydrogens (tertiary/aromatic N) is 1. The summed E-state index contributed by atoms with van der Waals surface area (Å²) in [6.45, 7) is 5.08. The van der Waals surface area contributed by atoms with Gasteiger partial charge in [0.05, 0.1) is 5.69 Å². The summed E-state index contributed by atoms with van der Waals surface area (Å²) in [5.74, 6) is 0. The maximum atomic E-state index is 11.6. The first-order valence-electron chi connectivity index (χ1n) is 6.90. The Kier molecular flexibility index (Phi) is 5.55. The highest BCUT2D eigenvalue weighted by Crippen LogP contribution is 2.33. The monoisotopic (exact) mass is 382 g/mol. The molecule has 1 aromatic heterocycles. The number of hydrogen-bond donors (Lipinski definition) is 3. The van der Waals surface area contributed by atoms with Gasteiger partial charge in [-0.1, -0.05) is 41.9 Å². The highest BCUT2D eigenvalue weighted by Gasteiger charge is 2.26. The van der Waals surface area contributed by atoms with Crippen LogP contribution in [0.2, 0.25) is 0 Å². The Bertz CT molecular complexity index is 639. The zero-order chi connectivity index (χ0) is 16.2. The summed E-state index contributed by atoms with van der Waals surface area (Å²) in [4.78, 5) is 16.2. The van der Waals surface area contributed by atoms with Crippen LogP contribution in [0.3, 0.4) is 0 Å². The summed E-state index contributed by atoms with van der Waals surface area (Å²) in [5, 5.41) is 7.93. The molecule has 118 valence electrons. The topological polar surface area (TPSA) is 80.0 Å². The molecule has 4 N–H and O–H groups in total. The molecule has 7 heteroatoms. The van der Waals surface area contributed by atoms with E-state index in [1.165, 1.54) is 16.9 Å². The van der Waals surface area contributed by atoms with Gasteiger partial charge >= 0.3 is 6.03 Å². The summed E-state index contributed by atoms with van der Waals surface area (Å²) >= 11 is 4.86. The second-order valence-electron chi connectivity index (χ2n) is 5.34. The molecule has 0 spiro atoms. The molecule has 5 nitrogen and oxygen atoms in total. The zero-order valence-electron chi connectivity index (χ0n) is 12.5. The van der Waals surface area contributed by atoms with Crippen LogP contribution in [-0.4, -0.2) is 24.1 Å². The largest absolute Gasteiger partial charge is 0.337 e. The number of nitrogens with one attached hydrogen (secondary N) is 2. The molecule has 0 fully saturated rings. The van der Waals surface area contributed by atoms with E-state index in [1.807, 2.05) is 17.5 Å². The molecule has 0 radical (unpaired) electrons. The highest BCUT2D eigenvalue weighted by atomic mass is 79.9. The Hall–Kier alpha value is -1.44. The lowest BCUT2D eigenvalue weighted by Crippen LogP contribution is -2.32. The minimum Gasteiger partial charge on any atom is -0.337 e. The van der Waals surface area contributed by atoms with Gasteiger partial charge in [0.1, 0.15) is 0 Å². The number of halogens is 1. The quantitative estimate of drug-likeness (QED) is 0.741. The Morgan fingerprint density at radius 2 is 2.05 bits per heavy atom. The van der Waals surface area contributed by atoms with Crippen LogP contribution in [0.5, 0.6) is 0 Å². The van der Waals surface area contributed by atoms with Crippen LogP contribution < -0.4 is 16.4 Å². The summed E-state index contributed by atoms with van der Waals surface area (Å²) in [6, 6.07) is 7.90. The average Bonchev–Trinajstić information content (AvgIpc) is 2.95. The van der Waals surface area contributed by atoms with Gasteiger partial charge in [-0.3, -0.25) is 5.32 Å². The van der Waals surface area contributed by atoms with Crippen molar-refractivity contribution in [1.82, 2.24) is 10.3 Å². The number of nitrogens with two attached hydrogens (primary N) is 1. The smallest absolute Gasteiger partial charge is 0.321 e. The van der Waals surface area contributed by atoms with Crippen molar-refractivity contribution in [1.29, 1.82) is 0 Å². The van der Waals surface area contributed by atoms with Crippen molar-refractivity contribution in [2.75, 3.05) is 18.4 Å². The lowest BCUT2D eigenvalue weighted by Gasteiger charge is -2.23. The maximum Gasteiger partial charge on any atom is 0.321 e. The van der Waals surface area contributed by atoms with Gasteiger partial charge in [0.2, 0.25) is 0 Å². The number of amides is 2. The van der Waals surface area contributed by atoms with Crippen LogP contribution in [0.4, 0.5) is 9.93 Å². The standard InChI is InChI=1S/C15H19BrN4OS/c1-15(2,10-3-5-11(16)6-4-10)12-9-22-14(19-12)20-13(21)18-8-7-17/h3-6,9H,7-8,17H2,1-2H3,(H2,18,19,20,21). The molecule has 2 amide bonds. The Morgan fingerprint density at radius 1 is 1.36 bits per heavy atom. The van der Waals surface area contributed by atoms with E-state index >= 15 is 0 Å². The van der Waals surface area contributed by atoms with Gasteiger partial charge in [-0.15, -0.1) is 11.3 Å². The fourth-order valence-electron chi connectivity index (χ4n) is 1.96. The van der Waals surface area contributed by atoms with Crippen molar-refractivity contribution in [3.63, 3.8) is 0 Å². The fraction of sp³-hybridized carbons (Fsp3) is 0.333. The van der Waals surface area contributed by atoms with Crippen LogP contribution in [0, 0.1) is 0 Å². The number of benzene rings is 1. The van der Waals surface area contributed by atoms with Crippen molar-refractivity contribution in [3.8, 4) is 0 Å². The van der Waals surface area contributed by atoms with Gasteiger partial charge in [-0.25, -0.2) is 9.78 Å². The van der Waals surface area contributed by atoms with E-state index in [-0.39, 0.29) is 11.4 Å². The molecular weight excluding hydrogens is 364 g/mol. The van der Waals surface area contributed by atoms with E-state index < -0.39 is 0 Å². The van der Waals surface area contributed by atoms with Gasteiger partial charge in [0.25, 0.3) is 0 Å². The van der Waals surface area contributed by atoms with Gasteiger partial charge < -0.3 is 11.1 Å². The SMILES string of the molecule is CC(C)(c1ccc(Br)cc1)c1csc(NC(=O)NCCN)n1. The van der Waals surface area contributed by atoms with Gasteiger partial charge in [-0.2, -0.15) is 0 Å². The number of carbonyl (C=O) groups excluding carboxylic acids is 1. The molecule has 0 aliphatic carbocycles. The van der Waals surface area contributed by atoms with Crippen LogP contribution in [-0.2, 0) is 5.41 Å². The summed E-state index contributed by atoms with van der Waals surface area (Å²) < 4.78 is 1.05. The van der Waals surface area contributed by atoms with E-state index in [1.54, 1.807) is 0 Å². The zero-order valence-corrected chi connectivity index (χ0v) is 14.9. The molecule has 2 rings (SSSR count). The lowest BCUT2D eigenvalue weighted by molar-refractivity contribution is 0.252. The summed E-state index contributed by atoms with van der Waals surface area (Å²) in [7, 11) is 0.